The number of carbonyl (C=O) groups is 1. The first-order valence-corrected chi connectivity index (χ1v) is 9.18. The average Bonchev–Trinajstić information content (AvgIpc) is 3.21. The van der Waals surface area contributed by atoms with Crippen molar-refractivity contribution in [1.82, 2.24) is 19.8 Å². The van der Waals surface area contributed by atoms with Crippen LogP contribution in [0.3, 0.4) is 0 Å². The number of benzene rings is 1. The highest BCUT2D eigenvalue weighted by atomic mass is 16.6. The van der Waals surface area contributed by atoms with E-state index >= 15 is 0 Å². The van der Waals surface area contributed by atoms with Crippen molar-refractivity contribution in [3.63, 3.8) is 0 Å². The molecule has 1 amide bonds. The number of amides is 1. The summed E-state index contributed by atoms with van der Waals surface area (Å²) < 4.78 is 1.55. The summed E-state index contributed by atoms with van der Waals surface area (Å²) in [5.74, 6) is -0.305. The van der Waals surface area contributed by atoms with Crippen molar-refractivity contribution >= 4 is 11.6 Å². The van der Waals surface area contributed by atoms with Crippen LogP contribution in [0.4, 0.5) is 5.69 Å². The molecule has 1 N–H and O–H groups in total. The Bertz CT molecular complexity index is 811. The number of nitro benzene ring substituents is 1. The summed E-state index contributed by atoms with van der Waals surface area (Å²) in [6, 6.07) is 4.49. The predicted octanol–water partition coefficient (Wildman–Crippen LogP) is 2.77. The van der Waals surface area contributed by atoms with Gasteiger partial charge >= 0.3 is 0 Å². The highest BCUT2D eigenvalue weighted by Crippen LogP contribution is 2.24. The lowest BCUT2D eigenvalue weighted by atomic mass is 9.98. The zero-order valence-corrected chi connectivity index (χ0v) is 15.7. The van der Waals surface area contributed by atoms with Gasteiger partial charge in [-0.3, -0.25) is 19.8 Å². The minimum atomic E-state index is -0.482. The highest BCUT2D eigenvalue weighted by molar-refractivity contribution is 5.95. The maximum atomic E-state index is 12.6. The molecular formula is C19H25N5O3. The molecule has 2 heterocycles. The van der Waals surface area contributed by atoms with Crippen molar-refractivity contribution in [2.75, 3.05) is 19.6 Å². The van der Waals surface area contributed by atoms with Crippen molar-refractivity contribution in [3.8, 4) is 5.69 Å². The Balaban J connectivity index is 1.73. The number of carbonyl (C=O) groups excluding carboxylic acids is 1. The van der Waals surface area contributed by atoms with E-state index in [1.54, 1.807) is 29.1 Å². The van der Waals surface area contributed by atoms with Gasteiger partial charge in [0.1, 0.15) is 5.69 Å². The summed E-state index contributed by atoms with van der Waals surface area (Å²) >= 11 is 0. The molecule has 27 heavy (non-hydrogen) atoms. The molecular weight excluding hydrogens is 346 g/mol. The molecule has 1 fully saturated rings. The number of nitrogens with one attached hydrogen (secondary N) is 1. The molecule has 3 rings (SSSR count). The first-order valence-electron chi connectivity index (χ1n) is 9.18. The van der Waals surface area contributed by atoms with Gasteiger partial charge in [0.05, 0.1) is 11.3 Å². The molecule has 1 saturated heterocycles. The molecule has 144 valence electrons. The van der Waals surface area contributed by atoms with Crippen LogP contribution in [-0.2, 0) is 0 Å². The van der Waals surface area contributed by atoms with Crippen LogP contribution >= 0.6 is 0 Å². The number of nitrogens with zero attached hydrogens (tertiary/aromatic N) is 4. The third kappa shape index (κ3) is 4.33. The summed E-state index contributed by atoms with van der Waals surface area (Å²) in [6.45, 7) is 6.79. The lowest BCUT2D eigenvalue weighted by molar-refractivity contribution is -0.384. The Kier molecular flexibility index (Phi) is 5.55. The third-order valence-electron chi connectivity index (χ3n) is 5.11. The topological polar surface area (TPSA) is 93.3 Å². The van der Waals surface area contributed by atoms with E-state index in [2.05, 4.69) is 29.0 Å². The molecule has 0 radical (unpaired) electrons. The Morgan fingerprint density at radius 2 is 2.04 bits per heavy atom. The standard InChI is InChI=1S/C19H25N5O3/c1-19(2,23-9-4-3-5-10-23)13-21-18(25)15-6-7-16(17(12-15)24(26)27)22-11-8-20-14-22/h6-8,11-12,14H,3-5,9-10,13H2,1-2H3,(H,21,25). The minimum Gasteiger partial charge on any atom is -0.350 e. The second-order valence-corrected chi connectivity index (χ2v) is 7.47. The van der Waals surface area contributed by atoms with Gasteiger partial charge in [-0.15, -0.1) is 0 Å². The molecule has 8 nitrogen and oxygen atoms in total. The van der Waals surface area contributed by atoms with Gasteiger partial charge in [-0.2, -0.15) is 0 Å². The number of likely N-dealkylation sites (tertiary alicyclic amines) is 1. The maximum Gasteiger partial charge on any atom is 0.294 e. The zero-order chi connectivity index (χ0) is 19.4. The lowest BCUT2D eigenvalue weighted by Gasteiger charge is -2.41. The molecule has 0 spiro atoms. The van der Waals surface area contributed by atoms with Crippen LogP contribution in [0.25, 0.3) is 5.69 Å². The Labute approximate surface area is 158 Å². The summed E-state index contributed by atoms with van der Waals surface area (Å²) in [5.41, 5.74) is 0.373. The normalized spacial score (nSPS) is 15.5. The molecule has 1 aromatic heterocycles. The molecule has 8 heteroatoms. The second-order valence-electron chi connectivity index (χ2n) is 7.47. The van der Waals surface area contributed by atoms with Gasteiger partial charge in [0.15, 0.2) is 0 Å². The number of piperidine rings is 1. The van der Waals surface area contributed by atoms with Gasteiger partial charge in [0.25, 0.3) is 11.6 Å². The van der Waals surface area contributed by atoms with Gasteiger partial charge in [0.2, 0.25) is 0 Å². The van der Waals surface area contributed by atoms with Crippen molar-refractivity contribution < 1.29 is 9.72 Å². The Morgan fingerprint density at radius 3 is 2.67 bits per heavy atom. The summed E-state index contributed by atoms with van der Waals surface area (Å²) in [7, 11) is 0. The predicted molar refractivity (Wildman–Crippen MR) is 102 cm³/mol. The SMILES string of the molecule is CC(C)(CNC(=O)c1ccc(-n2ccnc2)c([N+](=O)[O-])c1)N1CCCCC1. The molecule has 0 atom stereocenters. The first kappa shape index (κ1) is 19.0. The molecule has 2 aromatic rings. The fraction of sp³-hybridized carbons (Fsp3) is 0.474. The molecule has 1 aliphatic heterocycles. The van der Waals surface area contributed by atoms with E-state index in [1.807, 2.05) is 0 Å². The van der Waals surface area contributed by atoms with Crippen LogP contribution in [-0.4, -0.2) is 50.5 Å². The Hall–Kier alpha value is -2.74. The monoisotopic (exact) mass is 371 g/mol. The summed E-state index contributed by atoms with van der Waals surface area (Å²) in [4.78, 5) is 29.8. The number of imidazole rings is 1. The van der Waals surface area contributed by atoms with Crippen LogP contribution in [0, 0.1) is 10.1 Å². The first-order chi connectivity index (χ1) is 12.9. The Morgan fingerprint density at radius 1 is 1.30 bits per heavy atom. The van der Waals surface area contributed by atoms with E-state index in [0.29, 0.717) is 12.2 Å². The number of nitro groups is 1. The second kappa shape index (κ2) is 7.87. The fourth-order valence-electron chi connectivity index (χ4n) is 3.44. The quantitative estimate of drug-likeness (QED) is 0.622. The van der Waals surface area contributed by atoms with Crippen molar-refractivity contribution in [2.24, 2.45) is 0 Å². The van der Waals surface area contributed by atoms with Crippen LogP contribution in [0.15, 0.2) is 36.9 Å². The van der Waals surface area contributed by atoms with E-state index in [1.165, 1.54) is 31.7 Å². The van der Waals surface area contributed by atoms with E-state index < -0.39 is 4.92 Å². The van der Waals surface area contributed by atoms with Crippen LogP contribution in [0.2, 0.25) is 0 Å². The van der Waals surface area contributed by atoms with Crippen LogP contribution in [0.1, 0.15) is 43.5 Å². The molecule has 1 aliphatic rings. The van der Waals surface area contributed by atoms with Crippen LogP contribution < -0.4 is 5.32 Å². The number of aromatic nitrogens is 2. The van der Waals surface area contributed by atoms with E-state index in [9.17, 15) is 14.9 Å². The molecule has 0 aliphatic carbocycles. The largest absolute Gasteiger partial charge is 0.350 e. The number of rotatable bonds is 6. The van der Waals surface area contributed by atoms with Crippen LogP contribution in [0.5, 0.6) is 0 Å². The van der Waals surface area contributed by atoms with E-state index in [4.69, 9.17) is 0 Å². The zero-order valence-electron chi connectivity index (χ0n) is 15.7. The minimum absolute atomic E-state index is 0.129. The van der Waals surface area contributed by atoms with Gasteiger partial charge < -0.3 is 9.88 Å². The summed E-state index contributed by atoms with van der Waals surface area (Å²) in [6.07, 6.45) is 8.28. The van der Waals surface area contributed by atoms with Crippen molar-refractivity contribution in [1.29, 1.82) is 0 Å². The van der Waals surface area contributed by atoms with Gasteiger partial charge in [0, 0.05) is 36.1 Å². The maximum absolute atomic E-state index is 12.6. The highest BCUT2D eigenvalue weighted by Gasteiger charge is 2.28. The lowest BCUT2D eigenvalue weighted by Crippen LogP contribution is -2.53. The van der Waals surface area contributed by atoms with E-state index in [-0.39, 0.29) is 22.7 Å². The number of hydrogen-bond donors (Lipinski definition) is 1. The van der Waals surface area contributed by atoms with Crippen molar-refractivity contribution in [3.05, 3.63) is 52.6 Å². The van der Waals surface area contributed by atoms with Gasteiger partial charge in [-0.05, 0) is 51.9 Å². The van der Waals surface area contributed by atoms with Gasteiger partial charge in [-0.1, -0.05) is 6.42 Å². The number of hydrogen-bond acceptors (Lipinski definition) is 5. The molecule has 0 bridgehead atoms. The third-order valence-corrected chi connectivity index (χ3v) is 5.11. The summed E-state index contributed by atoms with van der Waals surface area (Å²) in [5, 5.41) is 14.4. The van der Waals surface area contributed by atoms with Gasteiger partial charge in [-0.25, -0.2) is 4.98 Å². The molecule has 0 saturated carbocycles. The average molecular weight is 371 g/mol. The molecule has 0 unspecified atom stereocenters. The van der Waals surface area contributed by atoms with E-state index in [0.717, 1.165) is 13.1 Å². The molecule has 1 aromatic carbocycles. The van der Waals surface area contributed by atoms with Crippen molar-refractivity contribution in [2.45, 2.75) is 38.6 Å². The fourth-order valence-corrected chi connectivity index (χ4v) is 3.44. The smallest absolute Gasteiger partial charge is 0.294 e.